The third-order valence-electron chi connectivity index (χ3n) is 1.56. The molecule has 0 spiro atoms. The van der Waals surface area contributed by atoms with Crippen LogP contribution in [0, 0.1) is 0 Å². The summed E-state index contributed by atoms with van der Waals surface area (Å²) in [6, 6.07) is 6.16. The normalized spacial score (nSPS) is 11.5. The minimum absolute atomic E-state index is 0.159. The van der Waals surface area contributed by atoms with Crippen molar-refractivity contribution in [2.75, 3.05) is 5.73 Å². The Bertz CT molecular complexity index is 518. The van der Waals surface area contributed by atoms with Crippen LogP contribution >= 0.6 is 0 Å². The molecule has 0 fully saturated rings. The molecule has 0 saturated carbocycles. The Morgan fingerprint density at radius 3 is 3.08 bits per heavy atom. The molecule has 0 aliphatic carbocycles. The smallest absolute Gasteiger partial charge is 0.336 e. The van der Waals surface area contributed by atoms with E-state index in [0.717, 1.165) is 6.07 Å². The highest BCUT2D eigenvalue weighted by atomic mass is 16.4. The second kappa shape index (κ2) is 2.37. The molecule has 3 heteroatoms. The second-order valence-corrected chi connectivity index (χ2v) is 2.47. The van der Waals surface area contributed by atoms with Gasteiger partial charge in [-0.05, 0) is 18.2 Å². The van der Waals surface area contributed by atoms with Crippen LogP contribution in [-0.4, -0.2) is 0 Å². The number of nitrogen functional groups attached to an aromatic ring is 1. The van der Waals surface area contributed by atoms with Crippen LogP contribution in [-0.2, 0) is 0 Å². The lowest BCUT2D eigenvalue weighted by Gasteiger charge is -1.95. The molecule has 2 rings (SSSR count). The standard InChI is InChI=1S/C9H7NO2/c10-7-3-1-6-2-4-9(11)12-8(6)5-7/h1-5H,10H2/i2D. The van der Waals surface area contributed by atoms with Gasteiger partial charge in [-0.25, -0.2) is 4.79 Å². The molecule has 0 aliphatic rings. The molecule has 60 valence electrons. The molecule has 0 amide bonds. The van der Waals surface area contributed by atoms with E-state index < -0.39 is 5.63 Å². The lowest BCUT2D eigenvalue weighted by atomic mass is 10.2. The van der Waals surface area contributed by atoms with Crippen LogP contribution in [0.1, 0.15) is 1.37 Å². The Hall–Kier alpha value is -1.77. The highest BCUT2D eigenvalue weighted by Crippen LogP contribution is 2.14. The van der Waals surface area contributed by atoms with E-state index >= 15 is 0 Å². The van der Waals surface area contributed by atoms with Gasteiger partial charge >= 0.3 is 5.63 Å². The first-order valence-corrected chi connectivity index (χ1v) is 3.47. The average molecular weight is 162 g/mol. The zero-order valence-electron chi connectivity index (χ0n) is 7.20. The number of hydrogen-bond acceptors (Lipinski definition) is 3. The van der Waals surface area contributed by atoms with Crippen LogP contribution in [0.5, 0.6) is 0 Å². The van der Waals surface area contributed by atoms with Crippen molar-refractivity contribution in [1.29, 1.82) is 0 Å². The molecule has 0 aliphatic heterocycles. The third-order valence-corrected chi connectivity index (χ3v) is 1.56. The van der Waals surface area contributed by atoms with Gasteiger partial charge in [0.25, 0.3) is 0 Å². The van der Waals surface area contributed by atoms with Gasteiger partial charge in [0.1, 0.15) is 5.58 Å². The first-order valence-electron chi connectivity index (χ1n) is 3.97. The zero-order chi connectivity index (χ0) is 9.42. The fraction of sp³-hybridized carbons (Fsp3) is 0. The maximum absolute atomic E-state index is 10.9. The van der Waals surface area contributed by atoms with Crippen molar-refractivity contribution >= 4 is 16.7 Å². The molecule has 1 aromatic heterocycles. The van der Waals surface area contributed by atoms with Crippen molar-refractivity contribution in [3.8, 4) is 0 Å². The molecule has 0 bridgehead atoms. The quantitative estimate of drug-likeness (QED) is 0.470. The fourth-order valence-corrected chi connectivity index (χ4v) is 1.02. The molecule has 12 heavy (non-hydrogen) atoms. The SMILES string of the molecule is [2H]c1cc(=O)oc2cc(N)ccc12. The summed E-state index contributed by atoms with van der Waals surface area (Å²) in [4.78, 5) is 10.9. The van der Waals surface area contributed by atoms with Crippen LogP contribution < -0.4 is 11.4 Å². The Kier molecular flexibility index (Phi) is 1.15. The molecule has 1 heterocycles. The summed E-state index contributed by atoms with van der Waals surface area (Å²) in [6.45, 7) is 0. The van der Waals surface area contributed by atoms with Gasteiger partial charge in [-0.15, -0.1) is 0 Å². The second-order valence-electron chi connectivity index (χ2n) is 2.47. The molecule has 0 unspecified atom stereocenters. The van der Waals surface area contributed by atoms with Crippen LogP contribution in [0.3, 0.4) is 0 Å². The summed E-state index contributed by atoms with van der Waals surface area (Å²) in [5.74, 6) is 0. The Balaban J connectivity index is 2.94. The van der Waals surface area contributed by atoms with E-state index in [4.69, 9.17) is 11.5 Å². The average Bonchev–Trinajstić information content (AvgIpc) is 2.02. The van der Waals surface area contributed by atoms with Gasteiger partial charge < -0.3 is 10.2 Å². The molecule has 2 N–H and O–H groups in total. The first-order chi connectivity index (χ1) is 6.16. The van der Waals surface area contributed by atoms with Crippen LogP contribution in [0.4, 0.5) is 5.69 Å². The van der Waals surface area contributed by atoms with Crippen molar-refractivity contribution in [3.63, 3.8) is 0 Å². The molecular weight excluding hydrogens is 154 g/mol. The van der Waals surface area contributed by atoms with Crippen LogP contribution in [0.2, 0.25) is 0 Å². The first kappa shape index (κ1) is 5.83. The predicted octanol–water partition coefficient (Wildman–Crippen LogP) is 1.38. The number of anilines is 1. The lowest BCUT2D eigenvalue weighted by molar-refractivity contribution is 0.561. The zero-order valence-corrected chi connectivity index (χ0v) is 6.20. The molecule has 2 aromatic rings. The van der Waals surface area contributed by atoms with Gasteiger partial charge in [-0.3, -0.25) is 0 Å². The van der Waals surface area contributed by atoms with E-state index in [1.807, 2.05) is 0 Å². The van der Waals surface area contributed by atoms with E-state index in [1.165, 1.54) is 6.07 Å². The van der Waals surface area contributed by atoms with Crippen LogP contribution in [0.15, 0.2) is 39.5 Å². The highest BCUT2D eigenvalue weighted by molar-refractivity contribution is 5.79. The number of nitrogens with two attached hydrogens (primary N) is 1. The Labute approximate surface area is 69.8 Å². The molecule has 0 radical (unpaired) electrons. The number of hydrogen-bond donors (Lipinski definition) is 1. The van der Waals surface area contributed by atoms with Crippen molar-refractivity contribution in [3.05, 3.63) is 40.7 Å². The maximum atomic E-state index is 10.9. The van der Waals surface area contributed by atoms with Gasteiger partial charge in [0.2, 0.25) is 0 Å². The number of rotatable bonds is 0. The van der Waals surface area contributed by atoms with Crippen LogP contribution in [0.25, 0.3) is 11.0 Å². The Morgan fingerprint density at radius 1 is 1.42 bits per heavy atom. The van der Waals surface area contributed by atoms with E-state index in [9.17, 15) is 4.79 Å². The molecule has 3 nitrogen and oxygen atoms in total. The van der Waals surface area contributed by atoms with Crippen molar-refractivity contribution in [2.24, 2.45) is 0 Å². The van der Waals surface area contributed by atoms with Crippen molar-refractivity contribution in [2.45, 2.75) is 0 Å². The predicted molar refractivity (Wildman–Crippen MR) is 46.9 cm³/mol. The summed E-state index contributed by atoms with van der Waals surface area (Å²) in [5.41, 5.74) is 5.85. The topological polar surface area (TPSA) is 56.2 Å². The fourth-order valence-electron chi connectivity index (χ4n) is 1.02. The van der Waals surface area contributed by atoms with Gasteiger partial charge in [0.15, 0.2) is 0 Å². The van der Waals surface area contributed by atoms with E-state index in [0.29, 0.717) is 16.7 Å². The van der Waals surface area contributed by atoms with Gasteiger partial charge in [0.05, 0.1) is 1.37 Å². The largest absolute Gasteiger partial charge is 0.423 e. The highest BCUT2D eigenvalue weighted by Gasteiger charge is 1.95. The third kappa shape index (κ3) is 1.05. The Morgan fingerprint density at radius 2 is 2.25 bits per heavy atom. The van der Waals surface area contributed by atoms with Gasteiger partial charge in [-0.1, -0.05) is 0 Å². The summed E-state index contributed by atoms with van der Waals surface area (Å²) in [5, 5.41) is 0.591. The summed E-state index contributed by atoms with van der Waals surface area (Å²) in [7, 11) is 0. The van der Waals surface area contributed by atoms with E-state index in [1.54, 1.807) is 12.1 Å². The maximum Gasteiger partial charge on any atom is 0.336 e. The van der Waals surface area contributed by atoms with E-state index in [2.05, 4.69) is 0 Å². The van der Waals surface area contributed by atoms with Gasteiger partial charge in [0, 0.05) is 23.2 Å². The number of benzene rings is 1. The lowest BCUT2D eigenvalue weighted by Crippen LogP contribution is -1.94. The number of fused-ring (bicyclic) bond motifs is 1. The minimum Gasteiger partial charge on any atom is -0.423 e. The minimum atomic E-state index is -0.525. The van der Waals surface area contributed by atoms with Gasteiger partial charge in [-0.2, -0.15) is 0 Å². The molecule has 0 atom stereocenters. The summed E-state index contributed by atoms with van der Waals surface area (Å²) in [6.07, 6.45) is 0. The molecule has 1 aromatic carbocycles. The van der Waals surface area contributed by atoms with E-state index in [-0.39, 0.29) is 6.04 Å². The van der Waals surface area contributed by atoms with Crippen molar-refractivity contribution < 1.29 is 5.79 Å². The molecular formula is C9H7NO2. The summed E-state index contributed by atoms with van der Waals surface area (Å²) < 4.78 is 12.3. The summed E-state index contributed by atoms with van der Waals surface area (Å²) >= 11 is 0. The monoisotopic (exact) mass is 162 g/mol. The molecule has 0 saturated heterocycles. The van der Waals surface area contributed by atoms with Crippen molar-refractivity contribution in [1.82, 2.24) is 0 Å².